The summed E-state index contributed by atoms with van der Waals surface area (Å²) in [6, 6.07) is 1.23. The molecule has 2 aliphatic heterocycles. The van der Waals surface area contributed by atoms with E-state index in [9.17, 15) is 34.8 Å². The molecule has 5 nitrogen and oxygen atoms in total. The number of hydrogen-bond donors (Lipinski definition) is 0. The number of fused-ring (bicyclic) bond motifs is 1. The Balaban J connectivity index is 1.84. The van der Waals surface area contributed by atoms with Crippen LogP contribution in [0.1, 0.15) is 29.5 Å². The van der Waals surface area contributed by atoms with Crippen molar-refractivity contribution in [3.63, 3.8) is 0 Å². The molecule has 1 fully saturated rings. The summed E-state index contributed by atoms with van der Waals surface area (Å²) >= 11 is 0. The van der Waals surface area contributed by atoms with Crippen molar-refractivity contribution >= 4 is 15.9 Å². The maximum absolute atomic E-state index is 12.9. The minimum atomic E-state index is -4.95. The number of rotatable bonds is 3. The zero-order valence-corrected chi connectivity index (χ0v) is 15.2. The first-order chi connectivity index (χ1) is 12.9. The number of ether oxygens (including phenoxy) is 1. The quantitative estimate of drug-likeness (QED) is 0.690. The van der Waals surface area contributed by atoms with Crippen LogP contribution >= 0.6 is 0 Å². The van der Waals surface area contributed by atoms with Gasteiger partial charge in [0.15, 0.2) is 0 Å². The van der Waals surface area contributed by atoms with Gasteiger partial charge in [0, 0.05) is 13.1 Å². The van der Waals surface area contributed by atoms with E-state index < -0.39 is 46.2 Å². The molecular weight excluding hydrogens is 414 g/mol. The summed E-state index contributed by atoms with van der Waals surface area (Å²) in [5, 5.41) is 0. The maximum Gasteiger partial charge on any atom is 0.416 e. The minimum absolute atomic E-state index is 0.0453. The molecule has 2 heterocycles. The van der Waals surface area contributed by atoms with Gasteiger partial charge in [-0.05, 0) is 36.6 Å². The molecule has 0 amide bonds. The highest BCUT2D eigenvalue weighted by atomic mass is 32.2. The van der Waals surface area contributed by atoms with E-state index in [-0.39, 0.29) is 29.8 Å². The molecule has 2 aliphatic rings. The van der Waals surface area contributed by atoms with Crippen molar-refractivity contribution in [1.82, 2.24) is 4.90 Å². The lowest BCUT2D eigenvalue weighted by Gasteiger charge is -2.37. The molecule has 1 saturated heterocycles. The lowest BCUT2D eigenvalue weighted by Crippen LogP contribution is -2.50. The summed E-state index contributed by atoms with van der Waals surface area (Å²) in [6.07, 6.45) is -9.69. The molecule has 0 aromatic heterocycles. The fraction of sp³-hybridized carbons (Fsp3) is 0.562. The van der Waals surface area contributed by atoms with Crippen molar-refractivity contribution < 1.29 is 39.5 Å². The van der Waals surface area contributed by atoms with E-state index >= 15 is 0 Å². The van der Waals surface area contributed by atoms with Gasteiger partial charge < -0.3 is 9.64 Å². The van der Waals surface area contributed by atoms with E-state index in [1.807, 2.05) is 0 Å². The van der Waals surface area contributed by atoms with Gasteiger partial charge in [-0.3, -0.25) is 0 Å². The lowest BCUT2D eigenvalue weighted by molar-refractivity contribution is -0.143. The topological polar surface area (TPSA) is 59.0 Å². The molecule has 0 radical (unpaired) electrons. The Labute approximate surface area is 157 Å². The molecule has 1 unspecified atom stereocenters. The van der Waals surface area contributed by atoms with E-state index in [1.54, 1.807) is 4.90 Å². The molecule has 3 rings (SSSR count). The third-order valence-electron chi connectivity index (χ3n) is 4.46. The monoisotopic (exact) mass is 430 g/mol. The van der Waals surface area contributed by atoms with Crippen molar-refractivity contribution in [1.29, 1.82) is 0 Å². The fourth-order valence-corrected chi connectivity index (χ4v) is 4.19. The second-order valence-corrected chi connectivity index (χ2v) is 8.33. The molecule has 0 aliphatic carbocycles. The van der Waals surface area contributed by atoms with Crippen LogP contribution < -0.4 is 0 Å². The molecule has 1 atom stereocenters. The van der Waals surface area contributed by atoms with Crippen LogP contribution in [0, 0.1) is 0 Å². The molecule has 28 heavy (non-hydrogen) atoms. The third-order valence-corrected chi connectivity index (χ3v) is 5.62. The summed E-state index contributed by atoms with van der Waals surface area (Å²) in [7, 11) is -3.65. The van der Waals surface area contributed by atoms with Gasteiger partial charge in [0.1, 0.15) is 11.9 Å². The Morgan fingerprint density at radius 3 is 2.21 bits per heavy atom. The molecule has 1 aromatic rings. The number of benzene rings is 1. The number of halogens is 6. The van der Waals surface area contributed by atoms with Crippen LogP contribution in [0.4, 0.5) is 26.3 Å². The summed E-state index contributed by atoms with van der Waals surface area (Å²) in [5.41, 5.74) is -3.16. The molecule has 1 aromatic carbocycles. The van der Waals surface area contributed by atoms with E-state index in [0.717, 1.165) is 0 Å². The van der Waals surface area contributed by atoms with Crippen LogP contribution in [0.15, 0.2) is 22.6 Å². The first-order valence-corrected chi connectivity index (χ1v) is 9.93. The van der Waals surface area contributed by atoms with E-state index in [2.05, 4.69) is 4.40 Å². The Hall–Kier alpha value is -1.82. The lowest BCUT2D eigenvalue weighted by atomic mass is 10.0. The molecule has 0 saturated carbocycles. The molecule has 0 spiro atoms. The van der Waals surface area contributed by atoms with Crippen molar-refractivity contribution in [2.75, 3.05) is 18.8 Å². The average molecular weight is 430 g/mol. The number of nitrogens with zero attached hydrogens (tertiary/aromatic N) is 2. The van der Waals surface area contributed by atoms with Crippen LogP contribution in [-0.4, -0.2) is 44.1 Å². The Morgan fingerprint density at radius 1 is 1.04 bits per heavy atom. The standard InChI is InChI=1S/C16H16F6N2O3S/c17-15(18,19)11-6-10(7-12(8-11)16(20,21)22)9-27-13-2-1-3-24-4-5-28(25,26)23-14(13)24/h6-8,13H,1-5,9H2. The van der Waals surface area contributed by atoms with Crippen LogP contribution in [0.5, 0.6) is 0 Å². The third kappa shape index (κ3) is 4.77. The Bertz CT molecular complexity index is 847. The molecule has 156 valence electrons. The summed E-state index contributed by atoms with van der Waals surface area (Å²) in [5.74, 6) is 0.00623. The van der Waals surface area contributed by atoms with Gasteiger partial charge in [-0.1, -0.05) is 0 Å². The van der Waals surface area contributed by atoms with Crippen LogP contribution in [0.2, 0.25) is 0 Å². The summed E-state index contributed by atoms with van der Waals surface area (Å²) in [6.45, 7) is 0.253. The average Bonchev–Trinajstić information content (AvgIpc) is 2.57. The number of alkyl halides is 6. The van der Waals surface area contributed by atoms with Gasteiger partial charge in [-0.15, -0.1) is 4.40 Å². The number of piperidine rings is 1. The van der Waals surface area contributed by atoms with Crippen molar-refractivity contribution in [3.05, 3.63) is 34.9 Å². The first kappa shape index (κ1) is 20.9. The number of hydrogen-bond acceptors (Lipinski definition) is 4. The van der Waals surface area contributed by atoms with Crippen LogP contribution in [0.25, 0.3) is 0 Å². The molecule has 12 heteroatoms. The van der Waals surface area contributed by atoms with Crippen molar-refractivity contribution in [3.8, 4) is 0 Å². The zero-order chi connectivity index (χ0) is 20.7. The van der Waals surface area contributed by atoms with Gasteiger partial charge >= 0.3 is 12.4 Å². The normalized spacial score (nSPS) is 22.6. The zero-order valence-electron chi connectivity index (χ0n) is 14.3. The predicted molar refractivity (Wildman–Crippen MR) is 87.1 cm³/mol. The van der Waals surface area contributed by atoms with E-state index in [4.69, 9.17) is 4.74 Å². The van der Waals surface area contributed by atoms with Gasteiger partial charge in [-0.25, -0.2) is 8.42 Å². The summed E-state index contributed by atoms with van der Waals surface area (Å²) in [4.78, 5) is 1.71. The van der Waals surface area contributed by atoms with Crippen molar-refractivity contribution in [2.24, 2.45) is 4.40 Å². The second-order valence-electron chi connectivity index (χ2n) is 6.58. The van der Waals surface area contributed by atoms with E-state index in [0.29, 0.717) is 31.5 Å². The Morgan fingerprint density at radius 2 is 1.64 bits per heavy atom. The van der Waals surface area contributed by atoms with Crippen LogP contribution in [0.3, 0.4) is 0 Å². The van der Waals surface area contributed by atoms with E-state index in [1.165, 1.54) is 0 Å². The highest BCUT2D eigenvalue weighted by Crippen LogP contribution is 2.36. The van der Waals surface area contributed by atoms with Gasteiger partial charge in [-0.2, -0.15) is 26.3 Å². The fourth-order valence-electron chi connectivity index (χ4n) is 3.13. The number of amidine groups is 1. The Kier molecular flexibility index (Phi) is 5.38. The predicted octanol–water partition coefficient (Wildman–Crippen LogP) is 3.45. The highest BCUT2D eigenvalue weighted by molar-refractivity contribution is 7.90. The van der Waals surface area contributed by atoms with Gasteiger partial charge in [0.2, 0.25) is 0 Å². The van der Waals surface area contributed by atoms with Crippen molar-refractivity contribution in [2.45, 2.75) is 37.9 Å². The largest absolute Gasteiger partial charge is 0.416 e. The minimum Gasteiger partial charge on any atom is -0.366 e. The van der Waals surface area contributed by atoms with Gasteiger partial charge in [0.05, 0.1) is 23.5 Å². The highest BCUT2D eigenvalue weighted by Gasteiger charge is 2.37. The molecule has 0 bridgehead atoms. The second kappa shape index (κ2) is 7.21. The van der Waals surface area contributed by atoms with Crippen LogP contribution in [-0.2, 0) is 33.7 Å². The molecule has 0 N–H and O–H groups in total. The summed E-state index contributed by atoms with van der Waals surface area (Å²) < 4.78 is 110. The maximum atomic E-state index is 12.9. The SMILES string of the molecule is O=S1(=O)CCN2CCCC(OCc3cc(C(F)(F)F)cc(C(F)(F)F)c3)C2=N1. The first-order valence-electron chi connectivity index (χ1n) is 8.33. The van der Waals surface area contributed by atoms with Gasteiger partial charge in [0.25, 0.3) is 10.0 Å². The number of sulfonamides is 1. The smallest absolute Gasteiger partial charge is 0.366 e. The molecular formula is C16H16F6N2O3S.